The van der Waals surface area contributed by atoms with Crippen molar-refractivity contribution in [3.05, 3.63) is 12.2 Å². The number of carbonyl (C=O) groups excluding carboxylic acids is 1. The van der Waals surface area contributed by atoms with Gasteiger partial charge in [0.1, 0.15) is 12.2 Å². The number of aromatic nitrogens is 3. The minimum absolute atomic E-state index is 0.0574. The number of nitrogens with zero attached hydrogens (tertiary/aromatic N) is 4. The van der Waals surface area contributed by atoms with Crippen molar-refractivity contribution in [1.29, 1.82) is 0 Å². The maximum atomic E-state index is 11.9. The van der Waals surface area contributed by atoms with Crippen LogP contribution < -0.4 is 11.1 Å². The van der Waals surface area contributed by atoms with Crippen molar-refractivity contribution >= 4 is 11.7 Å². The molecule has 0 saturated carbocycles. The molecule has 0 radical (unpaired) electrons. The third-order valence-electron chi connectivity index (χ3n) is 2.82. The third kappa shape index (κ3) is 4.23. The summed E-state index contributed by atoms with van der Waals surface area (Å²) in [6.45, 7) is 2.37. The Hall–Kier alpha value is -2.12. The van der Waals surface area contributed by atoms with Gasteiger partial charge in [-0.1, -0.05) is 18.5 Å². The van der Waals surface area contributed by atoms with Gasteiger partial charge in [0.2, 0.25) is 5.91 Å². The second-order valence-corrected chi connectivity index (χ2v) is 4.27. The van der Waals surface area contributed by atoms with E-state index in [4.69, 9.17) is 10.9 Å². The van der Waals surface area contributed by atoms with Gasteiger partial charge < -0.3 is 20.8 Å². The van der Waals surface area contributed by atoms with Crippen molar-refractivity contribution in [2.24, 2.45) is 23.9 Å². The van der Waals surface area contributed by atoms with Gasteiger partial charge in [0.15, 0.2) is 5.84 Å². The van der Waals surface area contributed by atoms with Gasteiger partial charge in [-0.2, -0.15) is 0 Å². The zero-order valence-electron chi connectivity index (χ0n) is 11.2. The molecule has 4 N–H and O–H groups in total. The first-order valence-electron chi connectivity index (χ1n) is 6.18. The maximum absolute atomic E-state index is 11.9. The molecular weight excluding hydrogens is 248 g/mol. The fraction of sp³-hybridized carbons (Fsp3) is 0.636. The average molecular weight is 268 g/mol. The van der Waals surface area contributed by atoms with Crippen molar-refractivity contribution in [3.8, 4) is 0 Å². The standard InChI is InChI=1S/C11H20N6O2/c1-3-4-8(10(12)16-19)11(18)13-6-5-9-15-14-7-17(9)2/h7-8,19H,3-6H2,1-2H3,(H2,12,16)(H,13,18). The van der Waals surface area contributed by atoms with Crippen LogP contribution in [0.25, 0.3) is 0 Å². The largest absolute Gasteiger partial charge is 0.409 e. The highest BCUT2D eigenvalue weighted by Crippen LogP contribution is 2.06. The summed E-state index contributed by atoms with van der Waals surface area (Å²) >= 11 is 0. The molecule has 8 nitrogen and oxygen atoms in total. The van der Waals surface area contributed by atoms with E-state index in [1.54, 1.807) is 10.9 Å². The molecule has 1 heterocycles. The molecule has 0 bridgehead atoms. The number of amidine groups is 1. The molecule has 1 rings (SSSR count). The zero-order valence-corrected chi connectivity index (χ0v) is 11.2. The number of hydrogen-bond acceptors (Lipinski definition) is 5. The summed E-state index contributed by atoms with van der Waals surface area (Å²) in [5, 5.41) is 22.0. The Morgan fingerprint density at radius 2 is 2.42 bits per heavy atom. The van der Waals surface area contributed by atoms with Gasteiger partial charge in [-0.15, -0.1) is 10.2 Å². The van der Waals surface area contributed by atoms with Gasteiger partial charge >= 0.3 is 0 Å². The van der Waals surface area contributed by atoms with Crippen molar-refractivity contribution in [2.45, 2.75) is 26.2 Å². The molecule has 1 aromatic heterocycles. The number of carbonyl (C=O) groups is 1. The Morgan fingerprint density at radius 1 is 1.68 bits per heavy atom. The number of aryl methyl sites for hydroxylation is 1. The van der Waals surface area contributed by atoms with Crippen molar-refractivity contribution < 1.29 is 10.0 Å². The van der Waals surface area contributed by atoms with Gasteiger partial charge in [-0.05, 0) is 6.42 Å². The normalized spacial score (nSPS) is 13.3. The van der Waals surface area contributed by atoms with Crippen LogP contribution in [0.15, 0.2) is 11.5 Å². The minimum atomic E-state index is -0.588. The first-order chi connectivity index (χ1) is 9.10. The highest BCUT2D eigenvalue weighted by Gasteiger charge is 2.21. The van der Waals surface area contributed by atoms with Crippen LogP contribution in [0.2, 0.25) is 0 Å². The van der Waals surface area contributed by atoms with E-state index in [-0.39, 0.29) is 11.7 Å². The van der Waals surface area contributed by atoms with Crippen molar-refractivity contribution in [2.75, 3.05) is 6.54 Å². The zero-order chi connectivity index (χ0) is 14.3. The van der Waals surface area contributed by atoms with E-state index in [1.807, 2.05) is 14.0 Å². The molecule has 106 valence electrons. The Labute approximate surface area is 111 Å². The quantitative estimate of drug-likeness (QED) is 0.270. The molecule has 1 unspecified atom stereocenters. The number of amides is 1. The summed E-state index contributed by atoms with van der Waals surface area (Å²) in [5.41, 5.74) is 5.51. The SMILES string of the molecule is CCCC(C(=O)NCCc1nncn1C)C(N)=NO. The van der Waals surface area contributed by atoms with Crippen LogP contribution in [-0.2, 0) is 18.3 Å². The predicted molar refractivity (Wildman–Crippen MR) is 69.5 cm³/mol. The van der Waals surface area contributed by atoms with Gasteiger partial charge in [0.05, 0.1) is 5.92 Å². The molecular formula is C11H20N6O2. The van der Waals surface area contributed by atoms with Crippen molar-refractivity contribution in [3.63, 3.8) is 0 Å². The molecule has 8 heteroatoms. The summed E-state index contributed by atoms with van der Waals surface area (Å²) in [6.07, 6.45) is 3.51. The fourth-order valence-electron chi connectivity index (χ4n) is 1.73. The summed E-state index contributed by atoms with van der Waals surface area (Å²) in [4.78, 5) is 11.9. The van der Waals surface area contributed by atoms with E-state index in [2.05, 4.69) is 20.7 Å². The first-order valence-corrected chi connectivity index (χ1v) is 6.18. The van der Waals surface area contributed by atoms with Gasteiger partial charge in [0.25, 0.3) is 0 Å². The Morgan fingerprint density at radius 3 is 2.95 bits per heavy atom. The van der Waals surface area contributed by atoms with E-state index in [0.29, 0.717) is 19.4 Å². The van der Waals surface area contributed by atoms with Crippen LogP contribution in [0.5, 0.6) is 0 Å². The molecule has 0 aromatic carbocycles. The minimum Gasteiger partial charge on any atom is -0.409 e. The molecule has 0 aliphatic rings. The summed E-state index contributed by atoms with van der Waals surface area (Å²) in [7, 11) is 1.84. The van der Waals surface area contributed by atoms with Gasteiger partial charge in [-0.3, -0.25) is 4.79 Å². The predicted octanol–water partition coefficient (Wildman–Crippen LogP) is -0.363. The van der Waals surface area contributed by atoms with Crippen LogP contribution in [0, 0.1) is 5.92 Å². The van der Waals surface area contributed by atoms with E-state index in [9.17, 15) is 4.79 Å². The number of nitrogens with one attached hydrogen (secondary N) is 1. The lowest BCUT2D eigenvalue weighted by molar-refractivity contribution is -0.123. The fourth-order valence-corrected chi connectivity index (χ4v) is 1.73. The molecule has 0 aliphatic carbocycles. The van der Waals surface area contributed by atoms with E-state index >= 15 is 0 Å². The summed E-state index contributed by atoms with van der Waals surface area (Å²) in [5.74, 6) is -0.0945. The van der Waals surface area contributed by atoms with Gasteiger partial charge in [-0.25, -0.2) is 0 Å². The highest BCUT2D eigenvalue weighted by atomic mass is 16.4. The number of nitrogens with two attached hydrogens (primary N) is 1. The molecule has 1 atom stereocenters. The van der Waals surface area contributed by atoms with E-state index in [1.165, 1.54) is 0 Å². The smallest absolute Gasteiger partial charge is 0.230 e. The van der Waals surface area contributed by atoms with Crippen LogP contribution in [0.4, 0.5) is 0 Å². The lowest BCUT2D eigenvalue weighted by Gasteiger charge is -2.14. The molecule has 19 heavy (non-hydrogen) atoms. The molecule has 0 spiro atoms. The van der Waals surface area contributed by atoms with Crippen LogP contribution in [0.1, 0.15) is 25.6 Å². The molecule has 1 aromatic rings. The monoisotopic (exact) mass is 268 g/mol. The van der Waals surface area contributed by atoms with Crippen LogP contribution >= 0.6 is 0 Å². The lowest BCUT2D eigenvalue weighted by Crippen LogP contribution is -2.39. The first kappa shape index (κ1) is 14.9. The Balaban J connectivity index is 2.47. The summed E-state index contributed by atoms with van der Waals surface area (Å²) < 4.78 is 1.79. The number of rotatable bonds is 7. The van der Waals surface area contributed by atoms with Gasteiger partial charge in [0, 0.05) is 20.0 Å². The summed E-state index contributed by atoms with van der Waals surface area (Å²) in [6, 6.07) is 0. The number of oxime groups is 1. The number of hydrogen-bond donors (Lipinski definition) is 3. The molecule has 0 fully saturated rings. The molecule has 0 saturated heterocycles. The highest BCUT2D eigenvalue weighted by molar-refractivity contribution is 6.02. The van der Waals surface area contributed by atoms with E-state index in [0.717, 1.165) is 12.2 Å². The van der Waals surface area contributed by atoms with Crippen LogP contribution in [0.3, 0.4) is 0 Å². The van der Waals surface area contributed by atoms with Crippen molar-refractivity contribution in [1.82, 2.24) is 20.1 Å². The topological polar surface area (TPSA) is 118 Å². The van der Waals surface area contributed by atoms with E-state index < -0.39 is 5.92 Å². The second-order valence-electron chi connectivity index (χ2n) is 4.27. The Kier molecular flexibility index (Phi) is 5.77. The average Bonchev–Trinajstić information content (AvgIpc) is 2.80. The van der Waals surface area contributed by atoms with Crippen LogP contribution in [-0.4, -0.2) is 38.3 Å². The third-order valence-corrected chi connectivity index (χ3v) is 2.82. The maximum Gasteiger partial charge on any atom is 0.230 e. The second kappa shape index (κ2) is 7.34. The Bertz CT molecular complexity index is 442. The molecule has 0 aliphatic heterocycles. The molecule has 1 amide bonds. The lowest BCUT2D eigenvalue weighted by atomic mass is 10.0.